The van der Waals surface area contributed by atoms with Crippen molar-refractivity contribution in [2.45, 2.75) is 39.3 Å². The number of nitrogens with zero attached hydrogens (tertiary/aromatic N) is 7. The van der Waals surface area contributed by atoms with Crippen LogP contribution < -0.4 is 9.64 Å². The number of piperazine rings is 1. The molecule has 1 amide bonds. The molecule has 0 N–H and O–H groups in total. The van der Waals surface area contributed by atoms with Crippen LogP contribution in [0.15, 0.2) is 37.1 Å². The highest BCUT2D eigenvalue weighted by atomic mass is 35.5. The molecule has 3 atom stereocenters. The summed E-state index contributed by atoms with van der Waals surface area (Å²) < 4.78 is 24.8. The maximum Gasteiger partial charge on any atom is 0.319 e. The van der Waals surface area contributed by atoms with Gasteiger partial charge >= 0.3 is 6.01 Å². The van der Waals surface area contributed by atoms with Gasteiger partial charge in [0.2, 0.25) is 5.91 Å². The SMILES string of the molecule is C=CC(=O)N1C[C@H](C)N(c2nc(OCC3CCN(C)C3)nc3c(F)c(-c4c(C)ccc5cnn(C)c45)c(Cl)cc23)C[C@H]1C. The molecule has 0 spiro atoms. The predicted molar refractivity (Wildman–Crippen MR) is 168 cm³/mol. The molecule has 2 aliphatic heterocycles. The fourth-order valence-corrected chi connectivity index (χ4v) is 6.84. The number of benzene rings is 2. The average molecular weight is 606 g/mol. The zero-order valence-electron chi connectivity index (χ0n) is 25.3. The first-order valence-electron chi connectivity index (χ1n) is 14.7. The lowest BCUT2D eigenvalue weighted by Gasteiger charge is -2.44. The minimum absolute atomic E-state index is 0.110. The molecular weight excluding hydrogens is 569 g/mol. The second-order valence-corrected chi connectivity index (χ2v) is 12.4. The molecule has 0 radical (unpaired) electrons. The summed E-state index contributed by atoms with van der Waals surface area (Å²) in [6.07, 6.45) is 4.12. The highest BCUT2D eigenvalue weighted by Crippen LogP contribution is 2.43. The highest BCUT2D eigenvalue weighted by molar-refractivity contribution is 6.35. The molecule has 0 aliphatic carbocycles. The Balaban J connectivity index is 1.51. The van der Waals surface area contributed by atoms with Crippen molar-refractivity contribution in [2.75, 3.05) is 44.7 Å². The molecule has 11 heteroatoms. The molecule has 9 nitrogen and oxygen atoms in total. The van der Waals surface area contributed by atoms with E-state index in [1.54, 1.807) is 21.8 Å². The predicted octanol–water partition coefficient (Wildman–Crippen LogP) is 5.23. The van der Waals surface area contributed by atoms with Crippen LogP contribution in [0, 0.1) is 18.7 Å². The molecule has 6 rings (SSSR count). The minimum atomic E-state index is -0.533. The summed E-state index contributed by atoms with van der Waals surface area (Å²) in [5.41, 5.74) is 2.76. The van der Waals surface area contributed by atoms with Gasteiger partial charge in [0.1, 0.15) is 11.3 Å². The van der Waals surface area contributed by atoms with Crippen molar-refractivity contribution in [3.8, 4) is 17.1 Å². The summed E-state index contributed by atoms with van der Waals surface area (Å²) in [5, 5.41) is 6.05. The van der Waals surface area contributed by atoms with Crippen molar-refractivity contribution < 1.29 is 13.9 Å². The van der Waals surface area contributed by atoms with E-state index in [2.05, 4.69) is 33.5 Å². The van der Waals surface area contributed by atoms with Crippen molar-refractivity contribution >= 4 is 45.1 Å². The van der Waals surface area contributed by atoms with E-state index in [-0.39, 0.29) is 40.1 Å². The number of aromatic nitrogens is 4. The maximum atomic E-state index is 16.9. The number of carbonyl (C=O) groups excluding carboxylic acids is 1. The minimum Gasteiger partial charge on any atom is -0.463 e. The van der Waals surface area contributed by atoms with E-state index < -0.39 is 5.82 Å². The number of halogens is 2. The van der Waals surface area contributed by atoms with E-state index in [1.807, 2.05) is 40.0 Å². The van der Waals surface area contributed by atoms with Crippen LogP contribution in [0.1, 0.15) is 25.8 Å². The second kappa shape index (κ2) is 11.4. The molecule has 2 fully saturated rings. The summed E-state index contributed by atoms with van der Waals surface area (Å²) in [7, 11) is 3.93. The van der Waals surface area contributed by atoms with Crippen molar-refractivity contribution in [1.82, 2.24) is 29.5 Å². The molecule has 2 aliphatic rings. The molecule has 4 aromatic rings. The number of aryl methyl sites for hydroxylation is 2. The summed E-state index contributed by atoms with van der Waals surface area (Å²) >= 11 is 6.95. The molecule has 0 bridgehead atoms. The Hall–Kier alpha value is -3.76. The lowest BCUT2D eigenvalue weighted by atomic mass is 9.96. The van der Waals surface area contributed by atoms with E-state index in [0.717, 1.165) is 36.0 Å². The fourth-order valence-electron chi connectivity index (χ4n) is 6.56. The van der Waals surface area contributed by atoms with Crippen molar-refractivity contribution in [1.29, 1.82) is 0 Å². The summed E-state index contributed by atoms with van der Waals surface area (Å²) in [6, 6.07) is 5.58. The highest BCUT2D eigenvalue weighted by Gasteiger charge is 2.34. The number of anilines is 1. The molecule has 43 heavy (non-hydrogen) atoms. The summed E-state index contributed by atoms with van der Waals surface area (Å²) in [5.74, 6) is 0.234. The lowest BCUT2D eigenvalue weighted by Crippen LogP contribution is -2.58. The van der Waals surface area contributed by atoms with Crippen LogP contribution >= 0.6 is 11.6 Å². The molecular formula is C32H37ClFN7O2. The maximum absolute atomic E-state index is 16.9. The van der Waals surface area contributed by atoms with Gasteiger partial charge in [-0.25, -0.2) is 4.39 Å². The van der Waals surface area contributed by atoms with E-state index in [4.69, 9.17) is 21.3 Å². The molecule has 1 unspecified atom stereocenters. The van der Waals surface area contributed by atoms with Crippen molar-refractivity contribution in [2.24, 2.45) is 13.0 Å². The van der Waals surface area contributed by atoms with Gasteiger partial charge in [-0.1, -0.05) is 30.3 Å². The Kier molecular flexibility index (Phi) is 7.76. The van der Waals surface area contributed by atoms with Crippen molar-refractivity contribution in [3.63, 3.8) is 0 Å². The van der Waals surface area contributed by atoms with E-state index in [9.17, 15) is 4.79 Å². The van der Waals surface area contributed by atoms with Crippen LogP contribution in [0.4, 0.5) is 10.2 Å². The molecule has 2 saturated heterocycles. The third-order valence-electron chi connectivity index (χ3n) is 8.86. The van der Waals surface area contributed by atoms with Crippen LogP contribution in [-0.4, -0.2) is 87.4 Å². The Bertz CT molecular complexity index is 1740. The first-order valence-corrected chi connectivity index (χ1v) is 15.1. The van der Waals surface area contributed by atoms with E-state index in [0.29, 0.717) is 42.4 Å². The third-order valence-corrected chi connectivity index (χ3v) is 9.15. The zero-order chi connectivity index (χ0) is 30.6. The Labute approximate surface area is 255 Å². The van der Waals surface area contributed by atoms with Gasteiger partial charge in [-0.05, 0) is 58.5 Å². The Morgan fingerprint density at radius 3 is 2.67 bits per heavy atom. The quantitative estimate of drug-likeness (QED) is 0.279. The number of hydrogen-bond donors (Lipinski definition) is 0. The first-order chi connectivity index (χ1) is 20.6. The number of amides is 1. The Morgan fingerprint density at radius 1 is 1.16 bits per heavy atom. The number of carbonyl (C=O) groups is 1. The topological polar surface area (TPSA) is 79.6 Å². The van der Waals surface area contributed by atoms with Gasteiger partial charge in [-0.3, -0.25) is 9.48 Å². The van der Waals surface area contributed by atoms with Gasteiger partial charge in [0.05, 0.1) is 23.3 Å². The first kappa shape index (κ1) is 29.3. The van der Waals surface area contributed by atoms with E-state index in [1.165, 1.54) is 6.08 Å². The summed E-state index contributed by atoms with van der Waals surface area (Å²) in [4.78, 5) is 28.2. The average Bonchev–Trinajstić information content (AvgIpc) is 3.58. The molecule has 0 saturated carbocycles. The van der Waals surface area contributed by atoms with Crippen LogP contribution in [0.2, 0.25) is 5.02 Å². The normalized spacial score (nSPS) is 21.2. The Morgan fingerprint density at radius 2 is 1.95 bits per heavy atom. The van der Waals surface area contributed by atoms with Gasteiger partial charge in [0, 0.05) is 66.6 Å². The standard InChI is InChI=1S/C32H37ClFN7O2/c1-7-25(42)40-14-20(4)41(15-19(40)3)31-23-12-24(33)27(26-18(2)8-9-22-13-35-39(6)30(22)26)28(34)29(23)36-32(37-31)43-17-21-10-11-38(5)16-21/h7-9,12-13,19-21H,1,10-11,14-17H2,2-6H3/t19-,20+,21?/m1/s1. The van der Waals surface area contributed by atoms with Crippen LogP contribution in [0.3, 0.4) is 0 Å². The monoisotopic (exact) mass is 605 g/mol. The largest absolute Gasteiger partial charge is 0.463 e. The zero-order valence-corrected chi connectivity index (χ0v) is 26.0. The second-order valence-electron chi connectivity index (χ2n) is 12.0. The number of hydrogen-bond acceptors (Lipinski definition) is 7. The molecule has 4 heterocycles. The molecule has 2 aromatic carbocycles. The van der Waals surface area contributed by atoms with Gasteiger partial charge in [-0.2, -0.15) is 15.1 Å². The molecule has 2 aromatic heterocycles. The van der Waals surface area contributed by atoms with Gasteiger partial charge in [0.25, 0.3) is 0 Å². The van der Waals surface area contributed by atoms with Crippen LogP contribution in [0.25, 0.3) is 32.9 Å². The number of rotatable bonds is 6. The van der Waals surface area contributed by atoms with Gasteiger partial charge < -0.3 is 19.4 Å². The van der Waals surface area contributed by atoms with Crippen LogP contribution in [-0.2, 0) is 11.8 Å². The van der Waals surface area contributed by atoms with E-state index >= 15 is 4.39 Å². The smallest absolute Gasteiger partial charge is 0.319 e. The van der Waals surface area contributed by atoms with Crippen molar-refractivity contribution in [3.05, 3.63) is 53.5 Å². The fraction of sp³-hybridized carbons (Fsp3) is 0.438. The number of ether oxygens (including phenoxy) is 1. The van der Waals surface area contributed by atoms with Gasteiger partial charge in [-0.15, -0.1) is 0 Å². The van der Waals surface area contributed by atoms with Crippen LogP contribution in [0.5, 0.6) is 6.01 Å². The lowest BCUT2D eigenvalue weighted by molar-refractivity contribution is -0.128. The number of likely N-dealkylation sites (tertiary alicyclic amines) is 1. The number of fused-ring (bicyclic) bond motifs is 2. The third kappa shape index (κ3) is 5.20. The summed E-state index contributed by atoms with van der Waals surface area (Å²) in [6.45, 7) is 12.9. The van der Waals surface area contributed by atoms with Gasteiger partial charge in [0.15, 0.2) is 5.82 Å². The molecule has 226 valence electrons.